The number of hydrogen-bond acceptors (Lipinski definition) is 4. The number of hydrogen-bond donors (Lipinski definition) is 1. The molecule has 0 fully saturated rings. The molecular formula is C11H11FN2O2. The summed E-state index contributed by atoms with van der Waals surface area (Å²) in [5.41, 5.74) is 6.48. The summed E-state index contributed by atoms with van der Waals surface area (Å²) in [5.74, 6) is 0.201. The van der Waals surface area contributed by atoms with Gasteiger partial charge in [0.15, 0.2) is 0 Å². The zero-order valence-electron chi connectivity index (χ0n) is 8.74. The third kappa shape index (κ3) is 2.20. The molecule has 2 N–H and O–H groups in total. The third-order valence-electron chi connectivity index (χ3n) is 2.07. The molecule has 0 spiro atoms. The molecule has 2 aromatic rings. The summed E-state index contributed by atoms with van der Waals surface area (Å²) in [5, 5.41) is 0. The number of nitrogens with two attached hydrogens (primary N) is 1. The molecule has 0 bridgehead atoms. The van der Waals surface area contributed by atoms with Crippen LogP contribution in [-0.2, 0) is 6.54 Å². The summed E-state index contributed by atoms with van der Waals surface area (Å²) in [6.45, 7) is 1.94. The number of halogens is 1. The van der Waals surface area contributed by atoms with E-state index in [9.17, 15) is 4.39 Å². The lowest BCUT2D eigenvalue weighted by Crippen LogP contribution is -1.96. The molecular weight excluding hydrogens is 211 g/mol. The molecule has 0 amide bonds. The van der Waals surface area contributed by atoms with Crippen LogP contribution in [0.2, 0.25) is 0 Å². The summed E-state index contributed by atoms with van der Waals surface area (Å²) in [7, 11) is 0. The van der Waals surface area contributed by atoms with Gasteiger partial charge in [0.1, 0.15) is 17.8 Å². The van der Waals surface area contributed by atoms with Gasteiger partial charge in [-0.1, -0.05) is 0 Å². The molecule has 1 aromatic heterocycles. The van der Waals surface area contributed by atoms with E-state index in [-0.39, 0.29) is 18.4 Å². The average molecular weight is 222 g/mol. The second-order valence-electron chi connectivity index (χ2n) is 3.32. The van der Waals surface area contributed by atoms with Crippen LogP contribution in [-0.4, -0.2) is 4.98 Å². The molecule has 2 rings (SSSR count). The van der Waals surface area contributed by atoms with Crippen LogP contribution in [0.15, 0.2) is 28.9 Å². The van der Waals surface area contributed by atoms with E-state index in [1.807, 2.05) is 0 Å². The SMILES string of the molecule is Cc1cc(Oc2nc(CN)co2)ccc1F. The van der Waals surface area contributed by atoms with Crippen LogP contribution in [0.3, 0.4) is 0 Å². The standard InChI is InChI=1S/C11H11FN2O2/c1-7-4-9(2-3-10(7)12)16-11-14-8(5-13)6-15-11/h2-4,6H,5,13H2,1H3. The number of benzene rings is 1. The number of nitrogens with zero attached hydrogens (tertiary/aromatic N) is 1. The van der Waals surface area contributed by atoms with Gasteiger partial charge in [-0.25, -0.2) is 4.39 Å². The molecule has 0 radical (unpaired) electrons. The highest BCUT2D eigenvalue weighted by Crippen LogP contribution is 2.22. The molecule has 16 heavy (non-hydrogen) atoms. The maximum Gasteiger partial charge on any atom is 0.399 e. The summed E-state index contributed by atoms with van der Waals surface area (Å²) in [6.07, 6.45) is 1.53. The van der Waals surface area contributed by atoms with E-state index in [4.69, 9.17) is 14.9 Å². The molecule has 4 nitrogen and oxygen atoms in total. The van der Waals surface area contributed by atoms with Crippen LogP contribution in [0.5, 0.6) is 11.8 Å². The highest BCUT2D eigenvalue weighted by Gasteiger charge is 2.06. The first-order valence-electron chi connectivity index (χ1n) is 4.77. The van der Waals surface area contributed by atoms with Gasteiger partial charge in [-0.3, -0.25) is 0 Å². The molecule has 0 saturated carbocycles. The largest absolute Gasteiger partial charge is 0.417 e. The van der Waals surface area contributed by atoms with Crippen molar-refractivity contribution in [1.29, 1.82) is 0 Å². The van der Waals surface area contributed by atoms with Gasteiger partial charge in [0.05, 0.1) is 5.69 Å². The van der Waals surface area contributed by atoms with Gasteiger partial charge in [0.25, 0.3) is 0 Å². The first-order valence-corrected chi connectivity index (χ1v) is 4.77. The quantitative estimate of drug-likeness (QED) is 0.866. The van der Waals surface area contributed by atoms with Crippen molar-refractivity contribution in [3.63, 3.8) is 0 Å². The van der Waals surface area contributed by atoms with Crippen LogP contribution in [0.1, 0.15) is 11.3 Å². The van der Waals surface area contributed by atoms with Gasteiger partial charge in [0.2, 0.25) is 0 Å². The summed E-state index contributed by atoms with van der Waals surface area (Å²) >= 11 is 0. The number of oxazole rings is 1. The highest BCUT2D eigenvalue weighted by molar-refractivity contribution is 5.30. The maximum atomic E-state index is 13.0. The van der Waals surface area contributed by atoms with E-state index in [0.717, 1.165) is 0 Å². The van der Waals surface area contributed by atoms with Crippen molar-refractivity contribution in [1.82, 2.24) is 4.98 Å². The Balaban J connectivity index is 2.17. The van der Waals surface area contributed by atoms with Crippen LogP contribution >= 0.6 is 0 Å². The van der Waals surface area contributed by atoms with Crippen LogP contribution in [0.4, 0.5) is 4.39 Å². The fraction of sp³-hybridized carbons (Fsp3) is 0.182. The van der Waals surface area contributed by atoms with Crippen molar-refractivity contribution in [2.24, 2.45) is 5.73 Å². The van der Waals surface area contributed by atoms with Crippen molar-refractivity contribution in [3.8, 4) is 11.8 Å². The van der Waals surface area contributed by atoms with Gasteiger partial charge in [-0.05, 0) is 30.7 Å². The maximum absolute atomic E-state index is 13.0. The summed E-state index contributed by atoms with van der Waals surface area (Å²) < 4.78 is 23.3. The minimum Gasteiger partial charge on any atom is -0.417 e. The fourth-order valence-corrected chi connectivity index (χ4v) is 1.21. The van der Waals surface area contributed by atoms with Crippen LogP contribution < -0.4 is 10.5 Å². The summed E-state index contributed by atoms with van der Waals surface area (Å²) in [6, 6.07) is 4.41. The second kappa shape index (κ2) is 4.32. The minimum atomic E-state index is -0.276. The molecule has 0 atom stereocenters. The predicted molar refractivity (Wildman–Crippen MR) is 55.6 cm³/mol. The molecule has 0 saturated heterocycles. The first-order chi connectivity index (χ1) is 7.69. The van der Waals surface area contributed by atoms with E-state index >= 15 is 0 Å². The van der Waals surface area contributed by atoms with Crippen molar-refractivity contribution in [2.75, 3.05) is 0 Å². The van der Waals surface area contributed by atoms with Crippen molar-refractivity contribution >= 4 is 0 Å². The Kier molecular flexibility index (Phi) is 2.87. The van der Waals surface area contributed by atoms with Gasteiger partial charge in [-0.2, -0.15) is 4.98 Å². The molecule has 84 valence electrons. The Labute approximate surface area is 91.9 Å². The van der Waals surface area contributed by atoms with Gasteiger partial charge >= 0.3 is 6.08 Å². The normalized spacial score (nSPS) is 10.4. The molecule has 5 heteroatoms. The predicted octanol–water partition coefficient (Wildman–Crippen LogP) is 2.37. The van der Waals surface area contributed by atoms with Gasteiger partial charge in [0, 0.05) is 6.54 Å². The molecule has 0 aliphatic rings. The van der Waals surface area contributed by atoms with Crippen LogP contribution in [0.25, 0.3) is 0 Å². The second-order valence-corrected chi connectivity index (χ2v) is 3.32. The Morgan fingerprint density at radius 3 is 2.94 bits per heavy atom. The van der Waals surface area contributed by atoms with Crippen molar-refractivity contribution in [3.05, 3.63) is 41.5 Å². The Bertz CT molecular complexity index is 496. The molecule has 1 heterocycles. The zero-order valence-corrected chi connectivity index (χ0v) is 8.74. The van der Waals surface area contributed by atoms with Gasteiger partial charge < -0.3 is 14.9 Å². The third-order valence-corrected chi connectivity index (χ3v) is 2.07. The minimum absolute atomic E-state index is 0.103. The molecule has 0 aliphatic heterocycles. The van der Waals surface area contributed by atoms with Gasteiger partial charge in [-0.15, -0.1) is 0 Å². The average Bonchev–Trinajstić information content (AvgIpc) is 2.71. The van der Waals surface area contributed by atoms with E-state index < -0.39 is 0 Å². The number of ether oxygens (including phenoxy) is 1. The first kappa shape index (κ1) is 10.6. The monoisotopic (exact) mass is 222 g/mol. The number of rotatable bonds is 3. The van der Waals surface area contributed by atoms with E-state index in [1.54, 1.807) is 13.0 Å². The highest BCUT2D eigenvalue weighted by atomic mass is 19.1. The molecule has 0 aliphatic carbocycles. The molecule has 1 aromatic carbocycles. The zero-order chi connectivity index (χ0) is 11.5. The Hall–Kier alpha value is -1.88. The Morgan fingerprint density at radius 1 is 1.50 bits per heavy atom. The lowest BCUT2D eigenvalue weighted by molar-refractivity contribution is 0.330. The lowest BCUT2D eigenvalue weighted by Gasteiger charge is -2.02. The number of aryl methyl sites for hydroxylation is 1. The van der Waals surface area contributed by atoms with Crippen LogP contribution in [0, 0.1) is 12.7 Å². The lowest BCUT2D eigenvalue weighted by atomic mass is 10.2. The number of aromatic nitrogens is 1. The van der Waals surface area contributed by atoms with Crippen molar-refractivity contribution < 1.29 is 13.5 Å². The van der Waals surface area contributed by atoms with Crippen molar-refractivity contribution in [2.45, 2.75) is 13.5 Å². The van der Waals surface area contributed by atoms with E-state index in [1.165, 1.54) is 18.4 Å². The topological polar surface area (TPSA) is 61.3 Å². The summed E-state index contributed by atoms with van der Waals surface area (Å²) in [4.78, 5) is 3.97. The van der Waals surface area contributed by atoms with E-state index in [0.29, 0.717) is 17.0 Å². The fourth-order valence-electron chi connectivity index (χ4n) is 1.21. The molecule has 0 unspecified atom stereocenters. The Morgan fingerprint density at radius 2 is 2.31 bits per heavy atom. The van der Waals surface area contributed by atoms with E-state index in [2.05, 4.69) is 4.98 Å². The smallest absolute Gasteiger partial charge is 0.399 e.